The van der Waals surface area contributed by atoms with Gasteiger partial charge in [0, 0.05) is 42.0 Å². The van der Waals surface area contributed by atoms with Crippen molar-refractivity contribution in [3.05, 3.63) is 99.9 Å². The Morgan fingerprint density at radius 3 is 2.08 bits per heavy atom. The van der Waals surface area contributed by atoms with Crippen LogP contribution < -0.4 is 4.90 Å². The fourth-order valence-corrected chi connectivity index (χ4v) is 6.06. The predicted octanol–water partition coefficient (Wildman–Crippen LogP) is 8.51. The maximum absolute atomic E-state index is 15.6. The molecule has 0 spiro atoms. The predicted molar refractivity (Wildman–Crippen MR) is 166 cm³/mol. The zero-order valence-corrected chi connectivity index (χ0v) is 27.1. The van der Waals surface area contributed by atoms with E-state index in [1.54, 1.807) is 6.92 Å². The fourth-order valence-electron chi connectivity index (χ4n) is 6.06. The smallest absolute Gasteiger partial charge is 0.416 e. The highest BCUT2D eigenvalue weighted by Crippen LogP contribution is 2.42. The number of benzene rings is 3. The maximum atomic E-state index is 15.6. The molecule has 1 aromatic heterocycles. The molecule has 16 heteroatoms. The van der Waals surface area contributed by atoms with Crippen molar-refractivity contribution in [1.29, 1.82) is 0 Å². The van der Waals surface area contributed by atoms with Gasteiger partial charge in [0.05, 0.1) is 42.1 Å². The van der Waals surface area contributed by atoms with E-state index in [0.717, 1.165) is 11.3 Å². The number of aromatic nitrogens is 2. The lowest BCUT2D eigenvalue weighted by Crippen LogP contribution is -2.39. The van der Waals surface area contributed by atoms with Gasteiger partial charge in [0.1, 0.15) is 17.7 Å². The van der Waals surface area contributed by atoms with Gasteiger partial charge in [-0.1, -0.05) is 6.07 Å². The number of halogens is 8. The molecule has 0 saturated carbocycles. The summed E-state index contributed by atoms with van der Waals surface area (Å²) >= 11 is 0. The number of esters is 1. The number of cyclic esters (lactones) is 1. The average Bonchev–Trinajstić information content (AvgIpc) is 3.32. The molecule has 2 saturated heterocycles. The molecule has 0 bridgehead atoms. The first-order valence-corrected chi connectivity index (χ1v) is 15.5. The Labute approximate surface area is 285 Å². The number of alkyl halides is 6. The third kappa shape index (κ3) is 6.90. The van der Waals surface area contributed by atoms with Crippen LogP contribution in [-0.4, -0.2) is 53.2 Å². The molecular formula is C35H28F8N4O4. The monoisotopic (exact) mass is 720 g/mol. The molecule has 2 atom stereocenters. The minimum Gasteiger partial charge on any atom is -0.465 e. The molecule has 3 aromatic carbocycles. The van der Waals surface area contributed by atoms with Crippen LogP contribution in [0.15, 0.2) is 54.7 Å². The van der Waals surface area contributed by atoms with Gasteiger partial charge in [-0.25, -0.2) is 28.3 Å². The Morgan fingerprint density at radius 1 is 0.902 bits per heavy atom. The van der Waals surface area contributed by atoms with E-state index >= 15 is 8.78 Å². The zero-order valence-electron chi connectivity index (χ0n) is 27.1. The molecule has 2 aliphatic rings. The molecule has 0 aliphatic carbocycles. The molecule has 268 valence electrons. The second-order valence-corrected chi connectivity index (χ2v) is 12.2. The Morgan fingerprint density at radius 2 is 1.53 bits per heavy atom. The van der Waals surface area contributed by atoms with Crippen LogP contribution in [0.4, 0.5) is 45.9 Å². The number of hydrogen-bond donors (Lipinski definition) is 0. The Kier molecular flexibility index (Phi) is 9.14. The third-order valence-corrected chi connectivity index (χ3v) is 8.93. The summed E-state index contributed by atoms with van der Waals surface area (Å²) in [4.78, 5) is 37.0. The summed E-state index contributed by atoms with van der Waals surface area (Å²) in [7, 11) is 1.21. The first-order chi connectivity index (χ1) is 24.0. The molecule has 8 nitrogen and oxygen atoms in total. The maximum Gasteiger partial charge on any atom is 0.416 e. The van der Waals surface area contributed by atoms with E-state index in [0.29, 0.717) is 42.4 Å². The Balaban J connectivity index is 1.40. The number of carbonyl (C=O) groups is 2. The number of amides is 1. The summed E-state index contributed by atoms with van der Waals surface area (Å²) in [5.41, 5.74) is -2.71. The number of ether oxygens (including phenoxy) is 2. The van der Waals surface area contributed by atoms with Gasteiger partial charge < -0.3 is 14.4 Å². The standard InChI is InChI=1S/C35H28F8N4O4/c1-17-9-19(31(48)50-3)5-6-23(17)24-13-25(28(37)14-27(24)36)26-15-44-32(46-7-4-8-46)45-29(26)16-47-18(2)30(51-33(47)49)20-10-21(34(38,39)40)12-22(11-20)35(41,42)43/h5-6,9-15,18,30H,4,7-8,16H2,1-3H3/t18-,30?/m0/s1. The Bertz CT molecular complexity index is 2000. The van der Waals surface area contributed by atoms with Crippen molar-refractivity contribution in [3.63, 3.8) is 0 Å². The Hall–Kier alpha value is -5.28. The highest BCUT2D eigenvalue weighted by atomic mass is 19.4. The molecule has 1 amide bonds. The molecule has 4 aromatic rings. The molecule has 3 heterocycles. The van der Waals surface area contributed by atoms with Gasteiger partial charge in [0.2, 0.25) is 5.95 Å². The minimum atomic E-state index is -5.12. The van der Waals surface area contributed by atoms with Crippen LogP contribution >= 0.6 is 0 Å². The first kappa shape index (κ1) is 35.5. The van der Waals surface area contributed by atoms with Crippen molar-refractivity contribution in [2.45, 2.75) is 51.3 Å². The van der Waals surface area contributed by atoms with Crippen LogP contribution in [0, 0.1) is 18.6 Å². The number of aryl methyl sites for hydroxylation is 1. The zero-order chi connectivity index (χ0) is 37.0. The van der Waals surface area contributed by atoms with Gasteiger partial charge in [-0.3, -0.25) is 4.90 Å². The fraction of sp³-hybridized carbons (Fsp3) is 0.314. The molecule has 0 radical (unpaired) electrons. The van der Waals surface area contributed by atoms with Crippen molar-refractivity contribution in [2.75, 3.05) is 25.1 Å². The van der Waals surface area contributed by atoms with Crippen molar-refractivity contribution in [3.8, 4) is 22.3 Å². The lowest BCUT2D eigenvalue weighted by atomic mass is 9.94. The van der Waals surface area contributed by atoms with E-state index in [4.69, 9.17) is 9.47 Å². The summed E-state index contributed by atoms with van der Waals surface area (Å²) in [6.07, 6.45) is -10.7. The average molecular weight is 721 g/mol. The third-order valence-electron chi connectivity index (χ3n) is 8.93. The molecule has 2 fully saturated rings. The summed E-state index contributed by atoms with van der Waals surface area (Å²) in [6, 6.07) is 6.15. The number of rotatable bonds is 7. The van der Waals surface area contributed by atoms with Crippen LogP contribution in [0.5, 0.6) is 0 Å². The number of methoxy groups -OCH3 is 1. The summed E-state index contributed by atoms with van der Waals surface area (Å²) in [5, 5.41) is 0. The molecule has 2 aliphatic heterocycles. The van der Waals surface area contributed by atoms with Gasteiger partial charge in [-0.05, 0) is 73.4 Å². The van der Waals surface area contributed by atoms with Gasteiger partial charge in [0.15, 0.2) is 0 Å². The molecule has 1 unspecified atom stereocenters. The topological polar surface area (TPSA) is 84.9 Å². The van der Waals surface area contributed by atoms with Crippen molar-refractivity contribution >= 4 is 18.0 Å². The molecule has 51 heavy (non-hydrogen) atoms. The second-order valence-electron chi connectivity index (χ2n) is 12.2. The normalized spacial score (nSPS) is 17.7. The van der Waals surface area contributed by atoms with Crippen LogP contribution in [0.1, 0.15) is 57.8 Å². The van der Waals surface area contributed by atoms with E-state index in [1.165, 1.54) is 44.5 Å². The van der Waals surface area contributed by atoms with Gasteiger partial charge in [0.25, 0.3) is 0 Å². The molecular weight excluding hydrogens is 692 g/mol. The lowest BCUT2D eigenvalue weighted by Gasteiger charge is -2.31. The van der Waals surface area contributed by atoms with Crippen LogP contribution in [0.3, 0.4) is 0 Å². The molecule has 6 rings (SSSR count). The van der Waals surface area contributed by atoms with E-state index in [-0.39, 0.29) is 40.0 Å². The first-order valence-electron chi connectivity index (χ1n) is 15.5. The van der Waals surface area contributed by atoms with E-state index in [9.17, 15) is 35.9 Å². The van der Waals surface area contributed by atoms with Crippen LogP contribution in [0.2, 0.25) is 0 Å². The number of nitrogens with zero attached hydrogens (tertiary/aromatic N) is 4. The van der Waals surface area contributed by atoms with Crippen LogP contribution in [-0.2, 0) is 28.4 Å². The van der Waals surface area contributed by atoms with Crippen molar-refractivity contribution in [1.82, 2.24) is 14.9 Å². The van der Waals surface area contributed by atoms with E-state index in [2.05, 4.69) is 9.97 Å². The highest BCUT2D eigenvalue weighted by Gasteiger charge is 2.44. The largest absolute Gasteiger partial charge is 0.465 e. The van der Waals surface area contributed by atoms with Gasteiger partial charge in [-0.2, -0.15) is 26.3 Å². The van der Waals surface area contributed by atoms with E-state index < -0.39 is 71.4 Å². The van der Waals surface area contributed by atoms with Crippen LogP contribution in [0.25, 0.3) is 22.3 Å². The number of hydrogen-bond acceptors (Lipinski definition) is 7. The van der Waals surface area contributed by atoms with Gasteiger partial charge in [-0.15, -0.1) is 0 Å². The quantitative estimate of drug-likeness (QED) is 0.140. The lowest BCUT2D eigenvalue weighted by molar-refractivity contribution is -0.143. The van der Waals surface area contributed by atoms with E-state index in [1.807, 2.05) is 4.90 Å². The number of carbonyl (C=O) groups excluding carboxylic acids is 2. The number of anilines is 1. The summed E-state index contributed by atoms with van der Waals surface area (Å²) in [6.45, 7) is 3.81. The summed E-state index contributed by atoms with van der Waals surface area (Å²) in [5.74, 6) is -2.29. The van der Waals surface area contributed by atoms with Gasteiger partial charge >= 0.3 is 24.4 Å². The SMILES string of the molecule is COC(=O)c1ccc(-c2cc(-c3cnc(N4CCC4)nc3CN3C(=O)OC(c4cc(C(F)(F)F)cc(C(F)(F)F)c4)[C@@H]3C)c(F)cc2F)c(C)c1. The minimum absolute atomic E-state index is 0.0202. The highest BCUT2D eigenvalue weighted by molar-refractivity contribution is 5.91. The van der Waals surface area contributed by atoms with Crippen molar-refractivity contribution < 1.29 is 54.2 Å². The molecule has 0 N–H and O–H groups in total. The van der Waals surface area contributed by atoms with Crippen molar-refractivity contribution in [2.24, 2.45) is 0 Å². The second kappa shape index (κ2) is 13.1. The summed E-state index contributed by atoms with van der Waals surface area (Å²) < 4.78 is 123.